The van der Waals surface area contributed by atoms with Crippen LogP contribution in [-0.2, 0) is 6.54 Å². The molecule has 0 unspecified atom stereocenters. The molecule has 0 bridgehead atoms. The van der Waals surface area contributed by atoms with Gasteiger partial charge in [-0.2, -0.15) is 5.10 Å². The molecule has 0 radical (unpaired) electrons. The molecule has 1 amide bonds. The van der Waals surface area contributed by atoms with Crippen LogP contribution in [0.25, 0.3) is 16.9 Å². The number of amides is 1. The van der Waals surface area contributed by atoms with E-state index < -0.39 is 0 Å². The fraction of sp³-hybridized carbons (Fsp3) is 0.261. The van der Waals surface area contributed by atoms with Crippen molar-refractivity contribution in [3.63, 3.8) is 0 Å². The standard InChI is InChI=1S/C23H23N5O2/c1-17-4-6-18(7-5-17)21-8-9-24-22-20(15-25-28(21)22)23(29)27-12-10-26(11-13-27)16-19-3-2-14-30-19/h2-9,14-15H,10-13,16H2,1H3. The number of piperazine rings is 1. The molecule has 0 N–H and O–H groups in total. The lowest BCUT2D eigenvalue weighted by molar-refractivity contribution is 0.0622. The molecule has 1 fully saturated rings. The molecular formula is C23H23N5O2. The van der Waals surface area contributed by atoms with E-state index in [0.717, 1.165) is 36.7 Å². The zero-order valence-electron chi connectivity index (χ0n) is 16.9. The molecule has 1 aliphatic heterocycles. The molecule has 1 aromatic carbocycles. The van der Waals surface area contributed by atoms with Crippen molar-refractivity contribution in [3.8, 4) is 11.3 Å². The van der Waals surface area contributed by atoms with E-state index in [1.165, 1.54) is 5.56 Å². The van der Waals surface area contributed by atoms with Gasteiger partial charge in [0.15, 0.2) is 5.65 Å². The molecule has 0 saturated carbocycles. The highest BCUT2D eigenvalue weighted by Crippen LogP contribution is 2.22. The van der Waals surface area contributed by atoms with E-state index in [0.29, 0.717) is 24.3 Å². The number of rotatable bonds is 4. The van der Waals surface area contributed by atoms with Gasteiger partial charge in [-0.1, -0.05) is 29.8 Å². The second-order valence-electron chi connectivity index (χ2n) is 7.64. The Labute approximate surface area is 174 Å². The zero-order valence-corrected chi connectivity index (χ0v) is 16.9. The van der Waals surface area contributed by atoms with Crippen LogP contribution in [0.5, 0.6) is 0 Å². The van der Waals surface area contributed by atoms with Crippen LogP contribution in [-0.4, -0.2) is 56.5 Å². The van der Waals surface area contributed by atoms with E-state index in [4.69, 9.17) is 4.42 Å². The average Bonchev–Trinajstić information content (AvgIpc) is 3.44. The normalized spacial score (nSPS) is 15.0. The number of benzene rings is 1. The second kappa shape index (κ2) is 7.76. The summed E-state index contributed by atoms with van der Waals surface area (Å²) in [7, 11) is 0. The van der Waals surface area contributed by atoms with Crippen LogP contribution in [0.15, 0.2) is 65.5 Å². The molecular weight excluding hydrogens is 378 g/mol. The van der Waals surface area contributed by atoms with Gasteiger partial charge in [-0.05, 0) is 25.1 Å². The maximum Gasteiger partial charge on any atom is 0.259 e. The number of carbonyl (C=O) groups excluding carboxylic acids is 1. The molecule has 0 atom stereocenters. The number of fused-ring (bicyclic) bond motifs is 1. The monoisotopic (exact) mass is 401 g/mol. The number of furan rings is 1. The Morgan fingerprint density at radius 2 is 1.87 bits per heavy atom. The van der Waals surface area contributed by atoms with E-state index in [-0.39, 0.29) is 5.91 Å². The van der Waals surface area contributed by atoms with Gasteiger partial charge in [0.25, 0.3) is 5.91 Å². The summed E-state index contributed by atoms with van der Waals surface area (Å²) < 4.78 is 7.19. The highest BCUT2D eigenvalue weighted by Gasteiger charge is 2.25. The number of aryl methyl sites for hydroxylation is 1. The summed E-state index contributed by atoms with van der Waals surface area (Å²) in [5.74, 6) is 0.932. The summed E-state index contributed by atoms with van der Waals surface area (Å²) in [4.78, 5) is 21.8. The van der Waals surface area contributed by atoms with Crippen LogP contribution < -0.4 is 0 Å². The minimum absolute atomic E-state index is 0.0174. The zero-order chi connectivity index (χ0) is 20.5. The summed E-state index contributed by atoms with van der Waals surface area (Å²) in [6.45, 7) is 5.81. The Kier molecular flexibility index (Phi) is 4.80. The van der Waals surface area contributed by atoms with E-state index in [2.05, 4.69) is 46.2 Å². The van der Waals surface area contributed by atoms with Crippen LogP contribution in [0.1, 0.15) is 21.7 Å². The lowest BCUT2D eigenvalue weighted by atomic mass is 10.1. The van der Waals surface area contributed by atoms with Gasteiger partial charge in [-0.15, -0.1) is 0 Å². The Hall–Kier alpha value is -3.45. The van der Waals surface area contributed by atoms with Crippen LogP contribution in [0, 0.1) is 6.92 Å². The van der Waals surface area contributed by atoms with Crippen molar-refractivity contribution in [1.29, 1.82) is 0 Å². The molecule has 5 rings (SSSR count). The predicted molar refractivity (Wildman–Crippen MR) is 113 cm³/mol. The van der Waals surface area contributed by atoms with Gasteiger partial charge >= 0.3 is 0 Å². The Bertz CT molecular complexity index is 1160. The topological polar surface area (TPSA) is 66.9 Å². The fourth-order valence-electron chi connectivity index (χ4n) is 3.89. The average molecular weight is 401 g/mol. The highest BCUT2D eigenvalue weighted by molar-refractivity contribution is 6.00. The van der Waals surface area contributed by atoms with E-state index >= 15 is 0 Å². The molecule has 1 aliphatic rings. The summed E-state index contributed by atoms with van der Waals surface area (Å²) in [5, 5.41) is 4.48. The van der Waals surface area contributed by atoms with Crippen molar-refractivity contribution in [2.75, 3.05) is 26.2 Å². The first kappa shape index (κ1) is 18.6. The molecule has 0 spiro atoms. The van der Waals surface area contributed by atoms with E-state index in [1.807, 2.05) is 23.1 Å². The van der Waals surface area contributed by atoms with Gasteiger partial charge in [0.2, 0.25) is 0 Å². The summed E-state index contributed by atoms with van der Waals surface area (Å²) in [6, 6.07) is 14.1. The fourth-order valence-corrected chi connectivity index (χ4v) is 3.89. The van der Waals surface area contributed by atoms with Crippen molar-refractivity contribution in [2.24, 2.45) is 0 Å². The first-order valence-corrected chi connectivity index (χ1v) is 10.1. The van der Waals surface area contributed by atoms with Crippen molar-refractivity contribution in [1.82, 2.24) is 24.4 Å². The van der Waals surface area contributed by atoms with Gasteiger partial charge < -0.3 is 9.32 Å². The Balaban J connectivity index is 1.34. The SMILES string of the molecule is Cc1ccc(-c2ccnc3c(C(=O)N4CCN(Cc5ccco5)CC4)cnn23)cc1. The van der Waals surface area contributed by atoms with Crippen LogP contribution in [0.3, 0.4) is 0 Å². The van der Waals surface area contributed by atoms with Crippen molar-refractivity contribution in [3.05, 3.63) is 78.0 Å². The lowest BCUT2D eigenvalue weighted by Crippen LogP contribution is -2.48. The van der Waals surface area contributed by atoms with Crippen LogP contribution >= 0.6 is 0 Å². The molecule has 1 saturated heterocycles. The van der Waals surface area contributed by atoms with E-state index in [9.17, 15) is 4.79 Å². The van der Waals surface area contributed by atoms with Gasteiger partial charge in [-0.25, -0.2) is 9.50 Å². The smallest absolute Gasteiger partial charge is 0.259 e. The number of carbonyl (C=O) groups is 1. The van der Waals surface area contributed by atoms with Gasteiger partial charge in [0.1, 0.15) is 11.3 Å². The first-order chi connectivity index (χ1) is 14.7. The number of nitrogens with zero attached hydrogens (tertiary/aromatic N) is 5. The quantitative estimate of drug-likeness (QED) is 0.525. The second-order valence-corrected chi connectivity index (χ2v) is 7.64. The third kappa shape index (κ3) is 3.48. The molecule has 3 aromatic heterocycles. The Morgan fingerprint density at radius 1 is 1.07 bits per heavy atom. The summed E-state index contributed by atoms with van der Waals surface area (Å²) >= 11 is 0. The van der Waals surface area contributed by atoms with Gasteiger partial charge in [0, 0.05) is 37.9 Å². The number of aromatic nitrogens is 3. The first-order valence-electron chi connectivity index (χ1n) is 10.1. The van der Waals surface area contributed by atoms with Crippen molar-refractivity contribution >= 4 is 11.6 Å². The van der Waals surface area contributed by atoms with Crippen LogP contribution in [0.4, 0.5) is 0 Å². The van der Waals surface area contributed by atoms with Crippen LogP contribution in [0.2, 0.25) is 0 Å². The molecule has 4 heterocycles. The van der Waals surface area contributed by atoms with Crippen molar-refractivity contribution < 1.29 is 9.21 Å². The molecule has 152 valence electrons. The lowest BCUT2D eigenvalue weighted by Gasteiger charge is -2.34. The minimum atomic E-state index is -0.0174. The predicted octanol–water partition coefficient (Wildman–Crippen LogP) is 3.26. The molecule has 7 nitrogen and oxygen atoms in total. The third-order valence-corrected chi connectivity index (χ3v) is 5.60. The minimum Gasteiger partial charge on any atom is -0.468 e. The largest absolute Gasteiger partial charge is 0.468 e. The maximum absolute atomic E-state index is 13.2. The van der Waals surface area contributed by atoms with Gasteiger partial charge in [-0.3, -0.25) is 9.69 Å². The number of hydrogen-bond acceptors (Lipinski definition) is 5. The summed E-state index contributed by atoms with van der Waals surface area (Å²) in [5.41, 5.74) is 4.30. The van der Waals surface area contributed by atoms with Gasteiger partial charge in [0.05, 0.1) is 24.7 Å². The van der Waals surface area contributed by atoms with Crippen molar-refractivity contribution in [2.45, 2.75) is 13.5 Å². The molecule has 30 heavy (non-hydrogen) atoms. The highest BCUT2D eigenvalue weighted by atomic mass is 16.3. The Morgan fingerprint density at radius 3 is 2.60 bits per heavy atom. The number of hydrogen-bond donors (Lipinski definition) is 0. The third-order valence-electron chi connectivity index (χ3n) is 5.60. The summed E-state index contributed by atoms with van der Waals surface area (Å²) in [6.07, 6.45) is 5.07. The maximum atomic E-state index is 13.2. The molecule has 4 aromatic rings. The van der Waals surface area contributed by atoms with E-state index in [1.54, 1.807) is 23.2 Å². The molecule has 0 aliphatic carbocycles. The molecule has 7 heteroatoms.